The lowest BCUT2D eigenvalue weighted by molar-refractivity contribution is 0.0701. The first-order valence-corrected chi connectivity index (χ1v) is 7.61. The zero-order valence-corrected chi connectivity index (χ0v) is 13.6. The van der Waals surface area contributed by atoms with Gasteiger partial charge in [-0.05, 0) is 19.1 Å². The van der Waals surface area contributed by atoms with Crippen LogP contribution in [0.4, 0.5) is 4.39 Å². The van der Waals surface area contributed by atoms with E-state index in [0.717, 1.165) is 11.3 Å². The van der Waals surface area contributed by atoms with Gasteiger partial charge in [-0.25, -0.2) is 14.2 Å². The van der Waals surface area contributed by atoms with Crippen LogP contribution >= 0.6 is 11.3 Å². The number of carbonyl (C=O) groups is 1. The van der Waals surface area contributed by atoms with E-state index in [9.17, 15) is 14.4 Å². The van der Waals surface area contributed by atoms with Crippen LogP contribution in [0.5, 0.6) is 0 Å². The number of hydrogen-bond donors (Lipinski definition) is 1. The Morgan fingerprint density at radius 3 is 2.65 bits per heavy atom. The van der Waals surface area contributed by atoms with Crippen molar-refractivity contribution >= 4 is 17.3 Å². The molecule has 1 N–H and O–H groups in total. The van der Waals surface area contributed by atoms with Crippen LogP contribution < -0.4 is 0 Å². The highest BCUT2D eigenvalue weighted by Crippen LogP contribution is 2.30. The van der Waals surface area contributed by atoms with Crippen molar-refractivity contribution in [1.82, 2.24) is 4.98 Å². The number of nitrogens with zero attached hydrogens (tertiary/aromatic N) is 2. The quantitative estimate of drug-likeness (QED) is 0.850. The Morgan fingerprint density at radius 2 is 2.13 bits per heavy atom. The van der Waals surface area contributed by atoms with Gasteiger partial charge in [0.25, 0.3) is 0 Å². The minimum absolute atomic E-state index is 0.0525. The molecule has 0 saturated heterocycles. The van der Waals surface area contributed by atoms with E-state index in [1.165, 1.54) is 12.1 Å². The van der Waals surface area contributed by atoms with E-state index in [4.69, 9.17) is 5.11 Å². The van der Waals surface area contributed by atoms with E-state index in [1.807, 2.05) is 19.9 Å². The van der Waals surface area contributed by atoms with Crippen LogP contribution in [0, 0.1) is 41.8 Å². The average Bonchev–Trinajstić information content (AvgIpc) is 2.87. The number of carboxylic acids is 1. The topological polar surface area (TPSA) is 74.0 Å². The predicted molar refractivity (Wildman–Crippen MR) is 85.6 cm³/mol. The molecule has 2 aromatic rings. The molecule has 0 aliphatic heterocycles. The molecule has 0 radical (unpaired) electrons. The summed E-state index contributed by atoms with van der Waals surface area (Å²) in [4.78, 5) is 15.3. The average molecular weight is 328 g/mol. The van der Waals surface area contributed by atoms with Crippen LogP contribution in [0.2, 0.25) is 0 Å². The molecule has 1 aromatic carbocycles. The molecule has 0 amide bonds. The van der Waals surface area contributed by atoms with E-state index in [0.29, 0.717) is 16.3 Å². The van der Waals surface area contributed by atoms with Crippen molar-refractivity contribution in [3.63, 3.8) is 0 Å². The molecule has 4 nitrogen and oxygen atoms in total. The minimum atomic E-state index is -1.08. The third kappa shape index (κ3) is 3.56. The van der Waals surface area contributed by atoms with Crippen LogP contribution in [0.3, 0.4) is 0 Å². The van der Waals surface area contributed by atoms with Crippen LogP contribution in [0.1, 0.15) is 40.3 Å². The summed E-state index contributed by atoms with van der Waals surface area (Å²) < 4.78 is 14.3. The summed E-state index contributed by atoms with van der Waals surface area (Å²) in [7, 11) is 0. The zero-order chi connectivity index (χ0) is 17.1. The van der Waals surface area contributed by atoms with Crippen molar-refractivity contribution in [3.05, 3.63) is 39.6 Å². The summed E-state index contributed by atoms with van der Waals surface area (Å²) in [6.45, 7) is 5.32. The van der Waals surface area contributed by atoms with Crippen molar-refractivity contribution in [2.24, 2.45) is 5.92 Å². The Morgan fingerprint density at radius 1 is 1.43 bits per heavy atom. The second-order valence-corrected chi connectivity index (χ2v) is 6.15. The molecule has 1 heterocycles. The van der Waals surface area contributed by atoms with Crippen molar-refractivity contribution in [3.8, 4) is 28.5 Å². The summed E-state index contributed by atoms with van der Waals surface area (Å²) in [5.41, 5.74) is 0.893. The smallest absolute Gasteiger partial charge is 0.347 e. The summed E-state index contributed by atoms with van der Waals surface area (Å²) in [5, 5.41) is 18.7. The van der Waals surface area contributed by atoms with Gasteiger partial charge in [0.1, 0.15) is 21.8 Å². The number of aromatic carboxylic acids is 1. The molecule has 0 aliphatic rings. The predicted octanol–water partition coefficient (Wildman–Crippen LogP) is 3.84. The van der Waals surface area contributed by atoms with Gasteiger partial charge >= 0.3 is 5.97 Å². The van der Waals surface area contributed by atoms with Gasteiger partial charge in [0.2, 0.25) is 0 Å². The Balaban J connectivity index is 2.58. The molecular formula is C17H13FN2O2S. The molecule has 0 spiro atoms. The van der Waals surface area contributed by atoms with Crippen LogP contribution in [0.25, 0.3) is 10.6 Å². The third-order valence-corrected chi connectivity index (χ3v) is 4.13. The first kappa shape index (κ1) is 16.7. The molecular weight excluding hydrogens is 315 g/mol. The van der Waals surface area contributed by atoms with Gasteiger partial charge in [-0.2, -0.15) is 5.26 Å². The zero-order valence-electron chi connectivity index (χ0n) is 12.8. The van der Waals surface area contributed by atoms with Crippen LogP contribution in [-0.2, 0) is 0 Å². The van der Waals surface area contributed by atoms with Crippen LogP contribution in [0.15, 0.2) is 12.1 Å². The fourth-order valence-electron chi connectivity index (χ4n) is 1.88. The molecule has 0 aliphatic carbocycles. The normalized spacial score (nSPS) is 10.1. The second kappa shape index (κ2) is 6.60. The number of carboxylic acid groups (broad SMARTS) is 1. The standard InChI is InChI=1S/C17H13FN2O2S/c1-9(2)4-5-13-12(8-19)6-11(7-14(13)18)16-20-10(3)15(23-16)17(21)22/h6-7,9H,1-3H3,(H,21,22). The highest BCUT2D eigenvalue weighted by Gasteiger charge is 2.17. The maximum atomic E-state index is 14.3. The highest BCUT2D eigenvalue weighted by atomic mass is 32.1. The van der Waals surface area contributed by atoms with Gasteiger partial charge in [0.15, 0.2) is 0 Å². The second-order valence-electron chi connectivity index (χ2n) is 5.16. The number of hydrogen-bond acceptors (Lipinski definition) is 4. The van der Waals surface area contributed by atoms with Crippen molar-refractivity contribution < 1.29 is 14.3 Å². The minimum Gasteiger partial charge on any atom is -0.477 e. The Labute approximate surface area is 137 Å². The first-order valence-electron chi connectivity index (χ1n) is 6.79. The summed E-state index contributed by atoms with van der Waals surface area (Å²) in [6.07, 6.45) is 0. The van der Waals surface area contributed by atoms with Gasteiger partial charge < -0.3 is 5.11 Å². The monoisotopic (exact) mass is 328 g/mol. The lowest BCUT2D eigenvalue weighted by atomic mass is 10.0. The van der Waals surface area contributed by atoms with Crippen molar-refractivity contribution in [2.75, 3.05) is 0 Å². The molecule has 1 aromatic heterocycles. The molecule has 6 heteroatoms. The van der Waals surface area contributed by atoms with Gasteiger partial charge in [0.05, 0.1) is 16.8 Å². The number of aryl methyl sites for hydroxylation is 1. The summed E-state index contributed by atoms with van der Waals surface area (Å²) in [6, 6.07) is 4.65. The molecule has 23 heavy (non-hydrogen) atoms. The number of thiazole rings is 1. The molecule has 0 saturated carbocycles. The van der Waals surface area contributed by atoms with E-state index in [2.05, 4.69) is 16.8 Å². The maximum absolute atomic E-state index is 14.3. The van der Waals surface area contributed by atoms with Gasteiger partial charge in [0, 0.05) is 11.5 Å². The van der Waals surface area contributed by atoms with Gasteiger partial charge in [-0.1, -0.05) is 25.7 Å². The van der Waals surface area contributed by atoms with Crippen molar-refractivity contribution in [2.45, 2.75) is 20.8 Å². The summed E-state index contributed by atoms with van der Waals surface area (Å²) >= 11 is 0.950. The number of nitriles is 1. The largest absolute Gasteiger partial charge is 0.477 e. The lowest BCUT2D eigenvalue weighted by Gasteiger charge is -2.02. The van der Waals surface area contributed by atoms with E-state index < -0.39 is 11.8 Å². The Hall–Kier alpha value is -2.70. The fraction of sp³-hybridized carbons (Fsp3) is 0.235. The number of aromatic nitrogens is 1. The van der Waals surface area contributed by atoms with Crippen molar-refractivity contribution in [1.29, 1.82) is 5.26 Å². The maximum Gasteiger partial charge on any atom is 0.347 e. The highest BCUT2D eigenvalue weighted by molar-refractivity contribution is 7.17. The molecule has 0 atom stereocenters. The number of benzene rings is 1. The lowest BCUT2D eigenvalue weighted by Crippen LogP contribution is -1.94. The summed E-state index contributed by atoms with van der Waals surface area (Å²) in [5.74, 6) is 3.88. The fourth-order valence-corrected chi connectivity index (χ4v) is 2.77. The Kier molecular flexibility index (Phi) is 4.78. The van der Waals surface area contributed by atoms with Gasteiger partial charge in [-0.3, -0.25) is 0 Å². The SMILES string of the molecule is Cc1nc(-c2cc(F)c(C#CC(C)C)c(C#N)c2)sc1C(=O)O. The molecule has 2 rings (SSSR count). The van der Waals surface area contributed by atoms with E-state index in [-0.39, 0.29) is 21.9 Å². The third-order valence-electron chi connectivity index (χ3n) is 2.93. The molecule has 0 fully saturated rings. The first-order chi connectivity index (χ1) is 10.8. The van der Waals surface area contributed by atoms with E-state index in [1.54, 1.807) is 6.92 Å². The van der Waals surface area contributed by atoms with E-state index >= 15 is 0 Å². The number of halogens is 1. The number of rotatable bonds is 2. The molecule has 0 bridgehead atoms. The Bertz CT molecular complexity index is 882. The van der Waals surface area contributed by atoms with Gasteiger partial charge in [-0.15, -0.1) is 11.3 Å². The van der Waals surface area contributed by atoms with Crippen LogP contribution in [-0.4, -0.2) is 16.1 Å². The molecule has 116 valence electrons. The molecule has 0 unspecified atom stereocenters.